The minimum absolute atomic E-state index is 0.877. The predicted molar refractivity (Wildman–Crippen MR) is 282 cm³/mol. The molecule has 0 atom stereocenters. The minimum Gasteiger partial charge on any atom is -0.456 e. The first-order valence-corrected chi connectivity index (χ1v) is 22.9. The van der Waals surface area contributed by atoms with Gasteiger partial charge in [-0.25, -0.2) is 0 Å². The summed E-state index contributed by atoms with van der Waals surface area (Å²) in [4.78, 5) is 2.38. The number of hydrogen-bond acceptors (Lipinski definition) is 2. The molecule has 0 fully saturated rings. The van der Waals surface area contributed by atoms with E-state index in [4.69, 9.17) is 4.42 Å². The van der Waals surface area contributed by atoms with Crippen LogP contribution in [0.4, 0.5) is 17.1 Å². The monoisotopic (exact) mass is 854 g/mol. The molecule has 0 aliphatic carbocycles. The fourth-order valence-electron chi connectivity index (χ4n) is 10.1. The highest BCUT2D eigenvalue weighted by molar-refractivity contribution is 6.10. The molecule has 0 unspecified atom stereocenters. The van der Waals surface area contributed by atoms with Crippen LogP contribution in [0, 0.1) is 0 Å². The van der Waals surface area contributed by atoms with Crippen LogP contribution in [0.25, 0.3) is 105 Å². The molecule has 0 radical (unpaired) electrons. The van der Waals surface area contributed by atoms with E-state index in [2.05, 4.69) is 252 Å². The third-order valence-electron chi connectivity index (χ3n) is 13.4. The fraction of sp³-hybridized carbons (Fsp3) is 0. The molecule has 314 valence electrons. The molecule has 2 aromatic heterocycles. The number of rotatable bonds is 8. The molecule has 0 saturated heterocycles. The van der Waals surface area contributed by atoms with E-state index in [1.165, 1.54) is 54.8 Å². The lowest BCUT2D eigenvalue weighted by Gasteiger charge is -2.28. The topological polar surface area (TPSA) is 21.3 Å². The Morgan fingerprint density at radius 3 is 1.51 bits per heavy atom. The average molecular weight is 855 g/mol. The Kier molecular flexibility index (Phi) is 9.17. The van der Waals surface area contributed by atoms with Gasteiger partial charge >= 0.3 is 0 Å². The molecule has 67 heavy (non-hydrogen) atoms. The van der Waals surface area contributed by atoms with Crippen LogP contribution in [-0.4, -0.2) is 4.57 Å². The van der Waals surface area contributed by atoms with Gasteiger partial charge in [0.1, 0.15) is 11.2 Å². The lowest BCUT2D eigenvalue weighted by molar-refractivity contribution is 0.669. The maximum Gasteiger partial charge on any atom is 0.136 e. The van der Waals surface area contributed by atoms with E-state index in [-0.39, 0.29) is 0 Å². The van der Waals surface area contributed by atoms with Crippen LogP contribution in [0.15, 0.2) is 259 Å². The summed E-state index contributed by atoms with van der Waals surface area (Å²) in [5, 5.41) is 7.25. The normalized spacial score (nSPS) is 11.6. The van der Waals surface area contributed by atoms with Crippen LogP contribution in [0.3, 0.4) is 0 Å². The first kappa shape index (κ1) is 38.5. The summed E-state index contributed by atoms with van der Waals surface area (Å²) < 4.78 is 8.82. The van der Waals surface area contributed by atoms with Gasteiger partial charge in [0.05, 0.1) is 22.4 Å². The van der Waals surface area contributed by atoms with Gasteiger partial charge in [0.2, 0.25) is 0 Å². The molecule has 0 aliphatic heterocycles. The zero-order valence-electron chi connectivity index (χ0n) is 36.6. The third-order valence-corrected chi connectivity index (χ3v) is 13.4. The molecular weight excluding hydrogens is 813 g/mol. The van der Waals surface area contributed by atoms with E-state index in [9.17, 15) is 0 Å². The second-order valence-electron chi connectivity index (χ2n) is 17.3. The number of furan rings is 1. The molecule has 11 aromatic carbocycles. The maximum absolute atomic E-state index is 6.41. The standard InChI is InChI=1S/C64H42N2O/c1-2-14-48-41-49(30-29-43(48)13-1)46-27-25-44(26-28-46)45-31-36-51(37-32-45)65(59-20-8-4-16-54(59)50-35-40-58-57-19-7-12-24-63(57)67-64(58)42-50)52-38-33-47(34-39-52)53-15-3-9-21-60(53)66-61-22-10-5-17-55(61)56-18-6-11-23-62(56)66/h1-42H. The molecule has 0 amide bonds. The Labute approximate surface area is 388 Å². The Morgan fingerprint density at radius 2 is 0.791 bits per heavy atom. The molecule has 0 bridgehead atoms. The zero-order valence-corrected chi connectivity index (χ0v) is 36.6. The lowest BCUT2D eigenvalue weighted by atomic mass is 9.97. The van der Waals surface area contributed by atoms with E-state index in [0.29, 0.717) is 0 Å². The summed E-state index contributed by atoms with van der Waals surface area (Å²) in [7, 11) is 0. The van der Waals surface area contributed by atoms with Gasteiger partial charge < -0.3 is 13.9 Å². The largest absolute Gasteiger partial charge is 0.456 e. The smallest absolute Gasteiger partial charge is 0.136 e. The van der Waals surface area contributed by atoms with Crippen molar-refractivity contribution in [3.8, 4) is 50.2 Å². The van der Waals surface area contributed by atoms with Gasteiger partial charge in [0.25, 0.3) is 0 Å². The summed E-state index contributed by atoms with van der Waals surface area (Å²) in [6.45, 7) is 0. The van der Waals surface area contributed by atoms with Crippen LogP contribution in [0.2, 0.25) is 0 Å². The van der Waals surface area contributed by atoms with Crippen molar-refractivity contribution in [3.05, 3.63) is 255 Å². The summed E-state index contributed by atoms with van der Waals surface area (Å²) in [5.74, 6) is 0. The molecule has 0 aliphatic rings. The van der Waals surface area contributed by atoms with E-state index >= 15 is 0 Å². The number of nitrogens with zero attached hydrogens (tertiary/aromatic N) is 2. The summed E-state index contributed by atoms with van der Waals surface area (Å²) in [6, 6.07) is 91.9. The molecule has 0 N–H and O–H groups in total. The number of benzene rings is 11. The van der Waals surface area contributed by atoms with Gasteiger partial charge in [-0.2, -0.15) is 0 Å². The molecule has 3 nitrogen and oxygen atoms in total. The molecule has 2 heterocycles. The molecule has 0 saturated carbocycles. The van der Waals surface area contributed by atoms with E-state index < -0.39 is 0 Å². The quantitative estimate of drug-likeness (QED) is 0.152. The fourth-order valence-corrected chi connectivity index (χ4v) is 10.1. The second-order valence-corrected chi connectivity index (χ2v) is 17.3. The highest BCUT2D eigenvalue weighted by Crippen LogP contribution is 2.44. The second kappa shape index (κ2) is 16.0. The van der Waals surface area contributed by atoms with Crippen LogP contribution in [-0.2, 0) is 0 Å². The van der Waals surface area contributed by atoms with Crippen LogP contribution in [0.1, 0.15) is 0 Å². The summed E-state index contributed by atoms with van der Waals surface area (Å²) in [6.07, 6.45) is 0. The Hall–Kier alpha value is -8.92. The molecular formula is C64H42N2O. The Bertz CT molecular complexity index is 3920. The van der Waals surface area contributed by atoms with E-state index in [0.717, 1.165) is 66.9 Å². The first-order valence-electron chi connectivity index (χ1n) is 22.9. The van der Waals surface area contributed by atoms with Crippen molar-refractivity contribution in [2.75, 3.05) is 4.90 Å². The van der Waals surface area contributed by atoms with Gasteiger partial charge in [-0.05, 0) is 117 Å². The van der Waals surface area contributed by atoms with Crippen LogP contribution < -0.4 is 4.90 Å². The van der Waals surface area contributed by atoms with Gasteiger partial charge in [0.15, 0.2) is 0 Å². The Morgan fingerprint density at radius 1 is 0.299 bits per heavy atom. The number of aromatic nitrogens is 1. The van der Waals surface area contributed by atoms with Gasteiger partial charge in [-0.15, -0.1) is 0 Å². The lowest BCUT2D eigenvalue weighted by Crippen LogP contribution is -2.11. The van der Waals surface area contributed by atoms with Crippen molar-refractivity contribution >= 4 is 71.6 Å². The van der Waals surface area contributed by atoms with Crippen molar-refractivity contribution in [1.82, 2.24) is 4.57 Å². The molecule has 13 rings (SSSR count). The summed E-state index contributed by atoms with van der Waals surface area (Å²) >= 11 is 0. The molecule has 3 heteroatoms. The van der Waals surface area contributed by atoms with Crippen molar-refractivity contribution < 1.29 is 4.42 Å². The van der Waals surface area contributed by atoms with Crippen molar-refractivity contribution in [2.24, 2.45) is 0 Å². The molecule has 13 aromatic rings. The summed E-state index contributed by atoms with van der Waals surface area (Å²) in [5.41, 5.74) is 17.8. The number of hydrogen-bond donors (Lipinski definition) is 0. The van der Waals surface area contributed by atoms with Crippen molar-refractivity contribution in [1.29, 1.82) is 0 Å². The van der Waals surface area contributed by atoms with Crippen molar-refractivity contribution in [3.63, 3.8) is 0 Å². The highest BCUT2D eigenvalue weighted by atomic mass is 16.3. The van der Waals surface area contributed by atoms with Gasteiger partial charge in [-0.3, -0.25) is 0 Å². The van der Waals surface area contributed by atoms with Crippen LogP contribution >= 0.6 is 0 Å². The number of fused-ring (bicyclic) bond motifs is 7. The predicted octanol–water partition coefficient (Wildman–Crippen LogP) is 18.0. The van der Waals surface area contributed by atoms with E-state index in [1.54, 1.807) is 0 Å². The average Bonchev–Trinajstić information content (AvgIpc) is 3.95. The first-order chi connectivity index (χ1) is 33.2. The van der Waals surface area contributed by atoms with E-state index in [1.807, 2.05) is 12.1 Å². The minimum atomic E-state index is 0.877. The highest BCUT2D eigenvalue weighted by Gasteiger charge is 2.20. The van der Waals surface area contributed by atoms with Gasteiger partial charge in [0, 0.05) is 44.0 Å². The third kappa shape index (κ3) is 6.67. The van der Waals surface area contributed by atoms with Crippen LogP contribution in [0.5, 0.6) is 0 Å². The Balaban J connectivity index is 0.905. The molecule has 0 spiro atoms. The zero-order chi connectivity index (χ0) is 44.3. The SMILES string of the molecule is c1ccc(N(c2ccc(-c3ccc(-c4ccc5ccccc5c4)cc3)cc2)c2ccc(-c3ccccc3-n3c4ccccc4c4ccccc43)cc2)c(-c2ccc3c(c2)oc2ccccc23)c1. The van der Waals surface area contributed by atoms with Crippen molar-refractivity contribution in [2.45, 2.75) is 0 Å². The number of para-hydroxylation sites is 5. The number of anilines is 3. The van der Waals surface area contributed by atoms with Gasteiger partial charge in [-0.1, -0.05) is 182 Å². The maximum atomic E-state index is 6.41.